The quantitative estimate of drug-likeness (QED) is 0.790. The first-order valence-electron chi connectivity index (χ1n) is 8.56. The summed E-state index contributed by atoms with van der Waals surface area (Å²) < 4.78 is 31.6. The zero-order valence-electron chi connectivity index (χ0n) is 14.9. The van der Waals surface area contributed by atoms with Crippen LogP contribution in [0, 0.1) is 0 Å². The van der Waals surface area contributed by atoms with Gasteiger partial charge in [0.25, 0.3) is 5.91 Å². The number of amides is 1. The second kappa shape index (κ2) is 7.59. The molecule has 8 heteroatoms. The van der Waals surface area contributed by atoms with Crippen LogP contribution in [0.1, 0.15) is 30.2 Å². The minimum atomic E-state index is -3.21. The predicted molar refractivity (Wildman–Crippen MR) is 97.2 cm³/mol. The fraction of sp³-hybridized carbons (Fsp3) is 0.444. The fourth-order valence-corrected chi connectivity index (χ4v) is 4.72. The van der Waals surface area contributed by atoms with Crippen LogP contribution in [0.2, 0.25) is 0 Å². The smallest absolute Gasteiger partial charge is 0.256 e. The van der Waals surface area contributed by atoms with Crippen LogP contribution in [0.3, 0.4) is 0 Å². The molecule has 1 aliphatic rings. The number of benzene rings is 1. The Hall–Kier alpha value is -2.19. The molecule has 140 valence electrons. The van der Waals surface area contributed by atoms with E-state index in [1.54, 1.807) is 22.0 Å². The summed E-state index contributed by atoms with van der Waals surface area (Å²) >= 11 is 0. The van der Waals surface area contributed by atoms with Gasteiger partial charge < -0.3 is 9.64 Å². The maximum absolute atomic E-state index is 13.2. The Balaban J connectivity index is 1.93. The molecule has 0 aliphatic carbocycles. The largest absolute Gasteiger partial charge is 0.367 e. The number of ether oxygens (including phenoxy) is 1. The van der Waals surface area contributed by atoms with Gasteiger partial charge in [-0.3, -0.25) is 9.48 Å². The third-order valence-electron chi connectivity index (χ3n) is 4.64. The van der Waals surface area contributed by atoms with Crippen LogP contribution in [0.5, 0.6) is 0 Å². The van der Waals surface area contributed by atoms with Gasteiger partial charge >= 0.3 is 0 Å². The molecule has 0 saturated carbocycles. The van der Waals surface area contributed by atoms with Crippen molar-refractivity contribution in [1.29, 1.82) is 0 Å². The molecule has 1 aromatic heterocycles. The summed E-state index contributed by atoms with van der Waals surface area (Å²) in [7, 11) is -1.73. The Bertz CT molecular complexity index is 864. The molecule has 2 unspecified atom stereocenters. The summed E-state index contributed by atoms with van der Waals surface area (Å²) in [6.07, 6.45) is 2.68. The van der Waals surface area contributed by atoms with Gasteiger partial charge in [-0.25, -0.2) is 8.42 Å². The molecule has 0 N–H and O–H groups in total. The van der Waals surface area contributed by atoms with Crippen LogP contribution in [-0.4, -0.2) is 54.2 Å². The maximum atomic E-state index is 13.2. The fourth-order valence-electron chi connectivity index (χ4n) is 3.23. The number of carbonyl (C=O) groups is 1. The van der Waals surface area contributed by atoms with Crippen LogP contribution in [0.25, 0.3) is 0 Å². The Kier molecular flexibility index (Phi) is 5.43. The van der Waals surface area contributed by atoms with Crippen molar-refractivity contribution >= 4 is 15.7 Å². The van der Waals surface area contributed by atoms with E-state index in [9.17, 15) is 13.2 Å². The van der Waals surface area contributed by atoms with Gasteiger partial charge in [0.2, 0.25) is 0 Å². The second-order valence-corrected chi connectivity index (χ2v) is 8.55. The van der Waals surface area contributed by atoms with Crippen molar-refractivity contribution in [3.05, 3.63) is 53.9 Å². The van der Waals surface area contributed by atoms with Gasteiger partial charge in [0.15, 0.2) is 15.9 Å². The average molecular weight is 377 g/mol. The summed E-state index contributed by atoms with van der Waals surface area (Å²) in [5, 5.41) is 4.23. The number of hydrogen-bond acceptors (Lipinski definition) is 5. The van der Waals surface area contributed by atoms with Crippen molar-refractivity contribution in [1.82, 2.24) is 14.7 Å². The van der Waals surface area contributed by atoms with E-state index in [1.807, 2.05) is 37.3 Å². The zero-order chi connectivity index (χ0) is 18.7. The number of methoxy groups -OCH3 is 1. The average Bonchev–Trinajstić information content (AvgIpc) is 3.11. The first-order valence-corrected chi connectivity index (χ1v) is 10.4. The lowest BCUT2D eigenvalue weighted by molar-refractivity contribution is -0.144. The lowest BCUT2D eigenvalue weighted by Crippen LogP contribution is -2.48. The van der Waals surface area contributed by atoms with Crippen molar-refractivity contribution in [2.24, 2.45) is 0 Å². The van der Waals surface area contributed by atoms with Gasteiger partial charge in [-0.1, -0.05) is 30.3 Å². The number of rotatable bonds is 5. The monoisotopic (exact) mass is 377 g/mol. The highest BCUT2D eigenvalue weighted by Crippen LogP contribution is 2.30. The second-order valence-electron chi connectivity index (χ2n) is 6.32. The van der Waals surface area contributed by atoms with Crippen LogP contribution in [0.4, 0.5) is 0 Å². The molecule has 2 heterocycles. The minimum Gasteiger partial charge on any atom is -0.367 e. The molecular formula is C18H23N3O4S. The molecule has 0 radical (unpaired) electrons. The number of sulfone groups is 1. The zero-order valence-corrected chi connectivity index (χ0v) is 15.7. The standard InChI is InChI=1S/C18H23N3O4S/c1-3-20-12-15(11-19-20)16-13-26(23,24)10-9-21(16)18(22)17(25-2)14-7-5-4-6-8-14/h4-8,11-12,16-17H,3,9-10,13H2,1-2H3. The predicted octanol–water partition coefficient (Wildman–Crippen LogP) is 1.59. The maximum Gasteiger partial charge on any atom is 0.256 e. The molecule has 0 spiro atoms. The van der Waals surface area contributed by atoms with Crippen LogP contribution < -0.4 is 0 Å². The van der Waals surface area contributed by atoms with E-state index in [0.717, 1.165) is 11.1 Å². The molecule has 1 aromatic carbocycles. The Labute approximate surface area is 153 Å². The third kappa shape index (κ3) is 3.81. The summed E-state index contributed by atoms with van der Waals surface area (Å²) in [6.45, 7) is 2.78. The van der Waals surface area contributed by atoms with Gasteiger partial charge in [0, 0.05) is 32.0 Å². The van der Waals surface area contributed by atoms with Crippen molar-refractivity contribution in [3.63, 3.8) is 0 Å². The van der Waals surface area contributed by atoms with Gasteiger partial charge in [0.05, 0.1) is 23.7 Å². The van der Waals surface area contributed by atoms with E-state index in [0.29, 0.717) is 6.54 Å². The molecule has 1 aliphatic heterocycles. The lowest BCUT2D eigenvalue weighted by atomic mass is 10.1. The SMILES string of the molecule is CCn1cc(C2CS(=O)(=O)CCN2C(=O)C(OC)c2ccccc2)cn1. The first kappa shape index (κ1) is 18.6. The van der Waals surface area contributed by atoms with Crippen molar-refractivity contribution in [3.8, 4) is 0 Å². The van der Waals surface area contributed by atoms with E-state index >= 15 is 0 Å². The number of aromatic nitrogens is 2. The molecule has 2 aromatic rings. The van der Waals surface area contributed by atoms with E-state index in [-0.39, 0.29) is 24.0 Å². The van der Waals surface area contributed by atoms with Crippen molar-refractivity contribution in [2.45, 2.75) is 25.6 Å². The van der Waals surface area contributed by atoms with Gasteiger partial charge in [-0.05, 0) is 12.5 Å². The number of hydrogen-bond donors (Lipinski definition) is 0. The Morgan fingerprint density at radius 2 is 2.08 bits per heavy atom. The molecular weight excluding hydrogens is 354 g/mol. The molecule has 1 amide bonds. The topological polar surface area (TPSA) is 81.5 Å². The van der Waals surface area contributed by atoms with Gasteiger partial charge in [-0.2, -0.15) is 5.10 Å². The highest BCUT2D eigenvalue weighted by Gasteiger charge is 2.38. The van der Waals surface area contributed by atoms with Crippen LogP contribution >= 0.6 is 0 Å². The first-order chi connectivity index (χ1) is 12.4. The molecule has 1 fully saturated rings. The van der Waals surface area contributed by atoms with E-state index < -0.39 is 22.0 Å². The van der Waals surface area contributed by atoms with Gasteiger partial charge in [-0.15, -0.1) is 0 Å². The summed E-state index contributed by atoms with van der Waals surface area (Å²) in [5.41, 5.74) is 1.47. The van der Waals surface area contributed by atoms with Crippen LogP contribution in [-0.2, 0) is 25.9 Å². The van der Waals surface area contributed by atoms with E-state index in [4.69, 9.17) is 4.74 Å². The normalized spacial score (nSPS) is 20.7. The molecule has 7 nitrogen and oxygen atoms in total. The Morgan fingerprint density at radius 3 is 2.69 bits per heavy atom. The van der Waals surface area contributed by atoms with E-state index in [2.05, 4.69) is 5.10 Å². The third-order valence-corrected chi connectivity index (χ3v) is 6.27. The summed E-state index contributed by atoms with van der Waals surface area (Å²) in [5.74, 6) is -0.371. The Morgan fingerprint density at radius 1 is 1.35 bits per heavy atom. The minimum absolute atomic E-state index is 0.0393. The summed E-state index contributed by atoms with van der Waals surface area (Å²) in [6, 6.07) is 8.67. The van der Waals surface area contributed by atoms with Crippen molar-refractivity contribution < 1.29 is 17.9 Å². The molecule has 2 atom stereocenters. The molecule has 3 rings (SSSR count). The van der Waals surface area contributed by atoms with E-state index in [1.165, 1.54) is 7.11 Å². The summed E-state index contributed by atoms with van der Waals surface area (Å²) in [4.78, 5) is 14.8. The highest BCUT2D eigenvalue weighted by atomic mass is 32.2. The van der Waals surface area contributed by atoms with Gasteiger partial charge in [0.1, 0.15) is 0 Å². The number of nitrogens with zero attached hydrogens (tertiary/aromatic N) is 3. The van der Waals surface area contributed by atoms with Crippen molar-refractivity contribution in [2.75, 3.05) is 25.2 Å². The number of aryl methyl sites for hydroxylation is 1. The molecule has 0 bridgehead atoms. The molecule has 1 saturated heterocycles. The highest BCUT2D eigenvalue weighted by molar-refractivity contribution is 7.91. The molecule has 26 heavy (non-hydrogen) atoms. The van der Waals surface area contributed by atoms with Crippen LogP contribution in [0.15, 0.2) is 42.7 Å². The number of carbonyl (C=O) groups excluding carboxylic acids is 1. The lowest BCUT2D eigenvalue weighted by Gasteiger charge is -2.36.